The predicted octanol–water partition coefficient (Wildman–Crippen LogP) is 1.22. The quantitative estimate of drug-likeness (QED) is 0.423. The second-order valence-corrected chi connectivity index (χ2v) is 5.05. The van der Waals surface area contributed by atoms with E-state index in [9.17, 15) is 14.9 Å². The van der Waals surface area contributed by atoms with Crippen molar-refractivity contribution in [3.05, 3.63) is 34.4 Å². The Morgan fingerprint density at radius 2 is 2.00 bits per heavy atom. The number of carbonyl (C=O) groups is 1. The van der Waals surface area contributed by atoms with Crippen LogP contribution in [0.25, 0.3) is 0 Å². The minimum atomic E-state index is -0.461. The van der Waals surface area contributed by atoms with Crippen LogP contribution in [0.15, 0.2) is 24.3 Å². The van der Waals surface area contributed by atoms with Crippen molar-refractivity contribution in [3.63, 3.8) is 0 Å². The van der Waals surface area contributed by atoms with Crippen molar-refractivity contribution in [2.45, 2.75) is 25.8 Å². The van der Waals surface area contributed by atoms with Crippen LogP contribution in [0.2, 0.25) is 0 Å². The zero-order chi connectivity index (χ0) is 15.2. The average molecular weight is 281 g/mol. The summed E-state index contributed by atoms with van der Waals surface area (Å²) in [5.41, 5.74) is 4.79. The Bertz CT molecular complexity index is 471. The van der Waals surface area contributed by atoms with Gasteiger partial charge in [-0.3, -0.25) is 14.9 Å². The number of primary amides is 1. The zero-order valence-electron chi connectivity index (χ0n) is 11.6. The Hall–Kier alpha value is -2.15. The van der Waals surface area contributed by atoms with Gasteiger partial charge in [-0.05, 0) is 26.0 Å². The first kappa shape index (κ1) is 15.9. The van der Waals surface area contributed by atoms with E-state index in [0.717, 1.165) is 0 Å². The first-order valence-electron chi connectivity index (χ1n) is 6.21. The standard InChI is InChI=1S/C13H19N3O4/c1-13(2,9-12(14)17)15-7-8-20-11-5-3-10(4-6-11)16(18)19/h3-6,15H,7-9H2,1-2H3,(H2,14,17). The number of rotatable bonds is 8. The molecule has 7 nitrogen and oxygen atoms in total. The van der Waals surface area contributed by atoms with Gasteiger partial charge >= 0.3 is 0 Å². The highest BCUT2D eigenvalue weighted by Gasteiger charge is 2.19. The molecule has 0 radical (unpaired) electrons. The predicted molar refractivity (Wildman–Crippen MR) is 74.5 cm³/mol. The number of amides is 1. The number of benzene rings is 1. The summed E-state index contributed by atoms with van der Waals surface area (Å²) in [4.78, 5) is 20.9. The molecule has 1 amide bonds. The van der Waals surface area contributed by atoms with E-state index in [2.05, 4.69) is 5.32 Å². The number of nitrogens with two attached hydrogens (primary N) is 1. The fourth-order valence-corrected chi connectivity index (χ4v) is 1.72. The van der Waals surface area contributed by atoms with E-state index in [0.29, 0.717) is 18.9 Å². The number of nitrogens with one attached hydrogen (secondary N) is 1. The summed E-state index contributed by atoms with van der Waals surface area (Å²) in [6.07, 6.45) is 0.241. The van der Waals surface area contributed by atoms with Crippen LogP contribution in [-0.2, 0) is 4.79 Å². The van der Waals surface area contributed by atoms with Gasteiger partial charge in [-0.2, -0.15) is 0 Å². The highest BCUT2D eigenvalue weighted by molar-refractivity contribution is 5.74. The van der Waals surface area contributed by atoms with E-state index in [1.165, 1.54) is 12.1 Å². The molecule has 1 aromatic carbocycles. The molecule has 0 saturated carbocycles. The molecule has 0 fully saturated rings. The number of carbonyl (C=O) groups excluding carboxylic acids is 1. The molecule has 1 aromatic rings. The maximum Gasteiger partial charge on any atom is 0.269 e. The van der Waals surface area contributed by atoms with Crippen molar-refractivity contribution in [1.29, 1.82) is 0 Å². The number of ether oxygens (including phenoxy) is 1. The van der Waals surface area contributed by atoms with Gasteiger partial charge in [-0.1, -0.05) is 0 Å². The van der Waals surface area contributed by atoms with Gasteiger partial charge in [0.25, 0.3) is 5.69 Å². The van der Waals surface area contributed by atoms with Crippen molar-refractivity contribution in [3.8, 4) is 5.75 Å². The first-order chi connectivity index (χ1) is 9.30. The number of nitro groups is 1. The van der Waals surface area contributed by atoms with Crippen molar-refractivity contribution in [1.82, 2.24) is 5.32 Å². The molecule has 0 aliphatic rings. The lowest BCUT2D eigenvalue weighted by Gasteiger charge is -2.24. The lowest BCUT2D eigenvalue weighted by atomic mass is 10.0. The maximum absolute atomic E-state index is 10.9. The number of hydrogen-bond donors (Lipinski definition) is 2. The van der Waals surface area contributed by atoms with Gasteiger partial charge in [-0.15, -0.1) is 0 Å². The molecule has 20 heavy (non-hydrogen) atoms. The molecule has 0 spiro atoms. The Morgan fingerprint density at radius 1 is 1.40 bits per heavy atom. The van der Waals surface area contributed by atoms with E-state index in [4.69, 9.17) is 10.5 Å². The second-order valence-electron chi connectivity index (χ2n) is 5.05. The molecule has 0 bridgehead atoms. The molecule has 7 heteroatoms. The minimum Gasteiger partial charge on any atom is -0.492 e. The van der Waals surface area contributed by atoms with Crippen molar-refractivity contribution < 1.29 is 14.5 Å². The molecule has 1 rings (SSSR count). The Balaban J connectivity index is 2.34. The fraction of sp³-hybridized carbons (Fsp3) is 0.462. The van der Waals surface area contributed by atoms with Gasteiger partial charge in [0.05, 0.1) is 4.92 Å². The number of non-ortho nitro benzene ring substituents is 1. The van der Waals surface area contributed by atoms with E-state index in [1.54, 1.807) is 12.1 Å². The van der Waals surface area contributed by atoms with Crippen LogP contribution < -0.4 is 15.8 Å². The molecule has 0 aliphatic carbocycles. The minimum absolute atomic E-state index is 0.0260. The third-order valence-corrected chi connectivity index (χ3v) is 2.64. The van der Waals surface area contributed by atoms with Crippen molar-refractivity contribution >= 4 is 11.6 Å². The highest BCUT2D eigenvalue weighted by Crippen LogP contribution is 2.17. The van der Waals surface area contributed by atoms with Crippen LogP contribution in [0.3, 0.4) is 0 Å². The Morgan fingerprint density at radius 3 is 2.50 bits per heavy atom. The summed E-state index contributed by atoms with van der Waals surface area (Å²) >= 11 is 0. The van der Waals surface area contributed by atoms with Crippen molar-refractivity contribution in [2.75, 3.05) is 13.2 Å². The summed E-state index contributed by atoms with van der Waals surface area (Å²) in [7, 11) is 0. The molecule has 0 heterocycles. The molecule has 3 N–H and O–H groups in total. The van der Waals surface area contributed by atoms with Gasteiger partial charge in [0.1, 0.15) is 12.4 Å². The first-order valence-corrected chi connectivity index (χ1v) is 6.21. The molecule has 0 aliphatic heterocycles. The van der Waals surface area contributed by atoms with Crippen molar-refractivity contribution in [2.24, 2.45) is 5.73 Å². The smallest absolute Gasteiger partial charge is 0.269 e. The second kappa shape index (κ2) is 6.85. The van der Waals surface area contributed by atoms with Gasteiger partial charge in [0.15, 0.2) is 0 Å². The third kappa shape index (κ3) is 5.66. The number of nitro benzene ring substituents is 1. The summed E-state index contributed by atoms with van der Waals surface area (Å²) in [5, 5.41) is 13.6. The van der Waals surface area contributed by atoms with E-state index < -0.39 is 4.92 Å². The summed E-state index contributed by atoms with van der Waals surface area (Å²) < 4.78 is 5.44. The molecule has 110 valence electrons. The van der Waals surface area contributed by atoms with Gasteiger partial charge in [0, 0.05) is 30.6 Å². The van der Waals surface area contributed by atoms with Crippen LogP contribution in [0.1, 0.15) is 20.3 Å². The molecular formula is C13H19N3O4. The lowest BCUT2D eigenvalue weighted by molar-refractivity contribution is -0.384. The van der Waals surface area contributed by atoms with E-state index >= 15 is 0 Å². The largest absolute Gasteiger partial charge is 0.492 e. The van der Waals surface area contributed by atoms with Gasteiger partial charge < -0.3 is 15.8 Å². The van der Waals surface area contributed by atoms with Crippen LogP contribution in [0, 0.1) is 10.1 Å². The third-order valence-electron chi connectivity index (χ3n) is 2.64. The molecule has 0 atom stereocenters. The Labute approximate surface area is 117 Å². The zero-order valence-corrected chi connectivity index (χ0v) is 11.6. The normalized spacial score (nSPS) is 11.1. The maximum atomic E-state index is 10.9. The van der Waals surface area contributed by atoms with Gasteiger partial charge in [0.2, 0.25) is 5.91 Å². The van der Waals surface area contributed by atoms with Crippen LogP contribution in [-0.4, -0.2) is 29.5 Å². The fourth-order valence-electron chi connectivity index (χ4n) is 1.72. The molecular weight excluding hydrogens is 262 g/mol. The van der Waals surface area contributed by atoms with Crippen LogP contribution in [0.4, 0.5) is 5.69 Å². The number of nitrogens with zero attached hydrogens (tertiary/aromatic N) is 1. The molecule has 0 unspecified atom stereocenters. The lowest BCUT2D eigenvalue weighted by Crippen LogP contribution is -2.44. The highest BCUT2D eigenvalue weighted by atomic mass is 16.6. The van der Waals surface area contributed by atoms with Gasteiger partial charge in [-0.25, -0.2) is 0 Å². The summed E-state index contributed by atoms with van der Waals surface area (Å²) in [5.74, 6) is 0.198. The molecule has 0 aromatic heterocycles. The van der Waals surface area contributed by atoms with Crippen LogP contribution in [0.5, 0.6) is 5.75 Å². The van der Waals surface area contributed by atoms with Crippen LogP contribution >= 0.6 is 0 Å². The number of hydrogen-bond acceptors (Lipinski definition) is 5. The summed E-state index contributed by atoms with van der Waals surface area (Å²) in [6, 6.07) is 5.87. The monoisotopic (exact) mass is 281 g/mol. The van der Waals surface area contributed by atoms with E-state index in [-0.39, 0.29) is 23.6 Å². The molecule has 0 saturated heterocycles. The Kier molecular flexibility index (Phi) is 5.45. The summed E-state index contributed by atoms with van der Waals surface area (Å²) in [6.45, 7) is 4.69. The average Bonchev–Trinajstić information content (AvgIpc) is 2.33. The SMILES string of the molecule is CC(C)(CC(N)=O)NCCOc1ccc([N+](=O)[O-])cc1. The topological polar surface area (TPSA) is 107 Å². The van der Waals surface area contributed by atoms with E-state index in [1.807, 2.05) is 13.8 Å².